The van der Waals surface area contributed by atoms with E-state index < -0.39 is 0 Å². The van der Waals surface area contributed by atoms with Crippen LogP contribution in [-0.4, -0.2) is 11.5 Å². The first-order valence-corrected chi connectivity index (χ1v) is 22.1. The molecule has 4 heteroatoms. The van der Waals surface area contributed by atoms with E-state index in [-0.39, 0.29) is 6.98 Å². The van der Waals surface area contributed by atoms with Crippen molar-refractivity contribution in [1.82, 2.24) is 4.57 Å². The molecule has 0 fully saturated rings. The molecule has 1 aromatic heterocycles. The third kappa shape index (κ3) is 5.56. The van der Waals surface area contributed by atoms with Gasteiger partial charge in [-0.3, -0.25) is 0 Å². The van der Waals surface area contributed by atoms with E-state index >= 15 is 0 Å². The maximum absolute atomic E-state index is 2.63. The Morgan fingerprint density at radius 3 is 1.38 bits per heavy atom. The van der Waals surface area contributed by atoms with E-state index in [1.54, 1.807) is 0 Å². The minimum atomic E-state index is -0.213. The first kappa shape index (κ1) is 36.3. The normalized spacial score (nSPS) is 12.6. The Morgan fingerprint density at radius 2 is 0.719 bits per heavy atom. The smallest absolute Gasteiger partial charge is 0.361 e. The van der Waals surface area contributed by atoms with Crippen LogP contribution in [0.1, 0.15) is 0 Å². The van der Waals surface area contributed by atoms with Crippen LogP contribution in [0.4, 0.5) is 22.7 Å². The summed E-state index contributed by atoms with van der Waals surface area (Å²) in [7, 11) is 0. The molecular formula is C60H40BN3. The number of anilines is 4. The molecule has 0 radical (unpaired) electrons. The van der Waals surface area contributed by atoms with Crippen LogP contribution in [0, 0.1) is 0 Å². The minimum absolute atomic E-state index is 0.213. The average molecular weight is 814 g/mol. The molecular weight excluding hydrogens is 773 g/mol. The van der Waals surface area contributed by atoms with Crippen LogP contribution < -0.4 is 15.1 Å². The van der Waals surface area contributed by atoms with Crippen molar-refractivity contribution in [2.24, 2.45) is 0 Å². The monoisotopic (exact) mass is 813 g/mol. The highest BCUT2D eigenvalue weighted by Gasteiger charge is 2.47. The first-order chi connectivity index (χ1) is 31.8. The minimum Gasteiger partial charge on any atom is -0.361 e. The molecule has 64 heavy (non-hydrogen) atoms. The van der Waals surface area contributed by atoms with Crippen LogP contribution in [0.2, 0.25) is 0 Å². The van der Waals surface area contributed by atoms with Gasteiger partial charge in [-0.15, -0.1) is 0 Å². The Labute approximate surface area is 373 Å². The van der Waals surface area contributed by atoms with Crippen LogP contribution in [0.5, 0.6) is 0 Å². The lowest BCUT2D eigenvalue weighted by molar-refractivity contribution is 1.18. The van der Waals surface area contributed by atoms with Crippen molar-refractivity contribution in [2.75, 3.05) is 9.62 Å². The summed E-state index contributed by atoms with van der Waals surface area (Å²) in [4.78, 5) is 5.24. The zero-order valence-electron chi connectivity index (χ0n) is 35.0. The molecule has 3 heterocycles. The summed E-state index contributed by atoms with van der Waals surface area (Å²) < 4.78 is 2.39. The second kappa shape index (κ2) is 14.6. The predicted octanol–water partition coefficient (Wildman–Crippen LogP) is 15.1. The lowest BCUT2D eigenvalue weighted by atomic mass is 9.53. The average Bonchev–Trinajstić information content (AvgIpc) is 3.71. The molecule has 2 aliphatic rings. The van der Waals surface area contributed by atoms with Crippen molar-refractivity contribution in [1.29, 1.82) is 0 Å². The van der Waals surface area contributed by atoms with Crippen molar-refractivity contribution < 1.29 is 0 Å². The number of para-hydroxylation sites is 5. The van der Waals surface area contributed by atoms with Gasteiger partial charge in [0.2, 0.25) is 0 Å². The molecule has 11 aromatic rings. The van der Waals surface area contributed by atoms with E-state index in [1.807, 2.05) is 0 Å². The number of fused-ring (bicyclic) bond motifs is 7. The highest BCUT2D eigenvalue weighted by atomic mass is 15.2. The van der Waals surface area contributed by atoms with Gasteiger partial charge < -0.3 is 14.2 Å². The number of hydrogen-bond acceptors (Lipinski definition) is 2. The van der Waals surface area contributed by atoms with Gasteiger partial charge in [0, 0.05) is 61.5 Å². The third-order valence-electron chi connectivity index (χ3n) is 13.4. The summed E-state index contributed by atoms with van der Waals surface area (Å²) >= 11 is 0. The Balaban J connectivity index is 1.07. The number of rotatable bonds is 6. The molecule has 0 saturated carbocycles. The zero-order chi connectivity index (χ0) is 42.1. The van der Waals surface area contributed by atoms with E-state index in [0.29, 0.717) is 0 Å². The summed E-state index contributed by atoms with van der Waals surface area (Å²) in [6.07, 6.45) is 0. The number of benzene rings is 10. The number of hydrogen-bond donors (Lipinski definition) is 0. The van der Waals surface area contributed by atoms with Gasteiger partial charge in [0.15, 0.2) is 0 Å². The van der Waals surface area contributed by atoms with Crippen molar-refractivity contribution in [3.05, 3.63) is 243 Å². The van der Waals surface area contributed by atoms with Crippen LogP contribution in [0.15, 0.2) is 243 Å². The van der Waals surface area contributed by atoms with Gasteiger partial charge in [0.1, 0.15) is 0 Å². The van der Waals surface area contributed by atoms with E-state index in [2.05, 4.69) is 257 Å². The van der Waals surface area contributed by atoms with E-state index in [4.69, 9.17) is 0 Å². The predicted molar refractivity (Wildman–Crippen MR) is 271 cm³/mol. The van der Waals surface area contributed by atoms with Crippen molar-refractivity contribution in [3.63, 3.8) is 0 Å². The fraction of sp³-hybridized carbons (Fsp3) is 0. The van der Waals surface area contributed by atoms with Gasteiger partial charge in [0.05, 0.1) is 11.0 Å². The topological polar surface area (TPSA) is 11.4 Å². The van der Waals surface area contributed by atoms with Crippen molar-refractivity contribution in [3.8, 4) is 61.3 Å². The van der Waals surface area contributed by atoms with Crippen LogP contribution in [0.3, 0.4) is 0 Å². The Morgan fingerprint density at radius 1 is 0.266 bits per heavy atom. The molecule has 0 unspecified atom stereocenters. The summed E-state index contributed by atoms with van der Waals surface area (Å²) in [5.41, 5.74) is 21.7. The maximum Gasteiger partial charge on any atom is 0.421 e. The Hall–Kier alpha value is -8.34. The summed E-state index contributed by atoms with van der Waals surface area (Å²) in [6, 6.07) is 89.1. The van der Waals surface area contributed by atoms with E-state index in [1.165, 1.54) is 94.3 Å². The Kier molecular flexibility index (Phi) is 8.32. The van der Waals surface area contributed by atoms with Gasteiger partial charge in [0.25, 0.3) is 0 Å². The fourth-order valence-electron chi connectivity index (χ4n) is 10.6. The summed E-state index contributed by atoms with van der Waals surface area (Å²) in [6.45, 7) is -0.213. The maximum atomic E-state index is 2.63. The highest BCUT2D eigenvalue weighted by Crippen LogP contribution is 2.52. The van der Waals surface area contributed by atoms with Crippen LogP contribution in [-0.2, 0) is 0 Å². The molecule has 3 nitrogen and oxygen atoms in total. The largest absolute Gasteiger partial charge is 0.421 e. The van der Waals surface area contributed by atoms with Crippen molar-refractivity contribution >= 4 is 57.0 Å². The molecule has 0 atom stereocenters. The lowest BCUT2D eigenvalue weighted by Crippen LogP contribution is -2.62. The first-order valence-electron chi connectivity index (χ1n) is 22.1. The van der Waals surface area contributed by atoms with Crippen LogP contribution >= 0.6 is 0 Å². The van der Waals surface area contributed by atoms with Crippen LogP contribution in [0.25, 0.3) is 83.1 Å². The van der Waals surface area contributed by atoms with Gasteiger partial charge in [-0.05, 0) is 99.5 Å². The molecule has 0 saturated heterocycles. The molecule has 13 rings (SSSR count). The molecule has 10 aromatic carbocycles. The second-order valence-corrected chi connectivity index (χ2v) is 16.8. The Bertz CT molecular complexity index is 3580. The van der Waals surface area contributed by atoms with Gasteiger partial charge in [-0.25, -0.2) is 0 Å². The SMILES string of the molecule is c1ccc(-c2ccccc2N2B3c4c(cccc4-c4cc(-c5ccc6c(c5)c5ccccc5n6-c5ccccc5)ccc4N3c3ccccc3-c3ccccc3)-c3ccccc32)cc1. The number of nitrogens with zero attached hydrogens (tertiary/aromatic N) is 3. The molecule has 0 N–H and O–H groups in total. The zero-order valence-corrected chi connectivity index (χ0v) is 35.0. The van der Waals surface area contributed by atoms with Gasteiger partial charge in [-0.2, -0.15) is 0 Å². The quantitative estimate of drug-likeness (QED) is 0.155. The molecule has 298 valence electrons. The molecule has 0 spiro atoms. The van der Waals surface area contributed by atoms with Gasteiger partial charge in [-0.1, -0.05) is 182 Å². The third-order valence-corrected chi connectivity index (χ3v) is 13.4. The highest BCUT2D eigenvalue weighted by molar-refractivity contribution is 6.86. The summed E-state index contributed by atoms with van der Waals surface area (Å²) in [5, 5.41) is 2.49. The summed E-state index contributed by atoms with van der Waals surface area (Å²) in [5.74, 6) is 0. The van der Waals surface area contributed by atoms with E-state index in [9.17, 15) is 0 Å². The fourth-order valence-corrected chi connectivity index (χ4v) is 10.6. The number of aromatic nitrogens is 1. The van der Waals surface area contributed by atoms with E-state index in [0.717, 1.165) is 17.1 Å². The second-order valence-electron chi connectivity index (χ2n) is 16.8. The standard InChI is InChI=1S/C60H40BN3/c1-4-19-41(20-5-1)46-25-10-15-32-56(46)63-58-34-17-13-27-48(58)50-29-18-30-51-53-40-44(43-35-37-55-52(39-43)49-28-12-14-31-54(49)62(55)45-23-8-3-9-24-45)36-38-59(53)64(61(63)60(50)51)57-33-16-11-26-47(57)42-21-6-2-7-22-42/h1-40H. The molecule has 0 amide bonds. The van der Waals surface area contributed by atoms with Gasteiger partial charge >= 0.3 is 6.98 Å². The molecule has 0 bridgehead atoms. The molecule has 2 aliphatic heterocycles. The molecule has 0 aliphatic carbocycles. The van der Waals surface area contributed by atoms with Crippen molar-refractivity contribution in [2.45, 2.75) is 0 Å². The lowest BCUT2D eigenvalue weighted by Gasteiger charge is -2.48.